The van der Waals surface area contributed by atoms with Crippen molar-refractivity contribution >= 4 is 11.6 Å². The van der Waals surface area contributed by atoms with Crippen LogP contribution in [0.4, 0.5) is 10.1 Å². The number of nitrogens with zero attached hydrogens (tertiary/aromatic N) is 2. The number of benzene rings is 1. The molecule has 0 spiro atoms. The average molecular weight is 400 g/mol. The maximum absolute atomic E-state index is 13.4. The van der Waals surface area contributed by atoms with Gasteiger partial charge in [-0.15, -0.1) is 0 Å². The lowest BCUT2D eigenvalue weighted by Crippen LogP contribution is -2.49. The second-order valence-corrected chi connectivity index (χ2v) is 8.26. The van der Waals surface area contributed by atoms with Crippen molar-refractivity contribution in [3.63, 3.8) is 0 Å². The molecule has 2 saturated heterocycles. The summed E-state index contributed by atoms with van der Waals surface area (Å²) >= 11 is 0. The summed E-state index contributed by atoms with van der Waals surface area (Å²) in [6.07, 6.45) is 5.70. The van der Waals surface area contributed by atoms with Crippen molar-refractivity contribution in [2.75, 3.05) is 31.1 Å². The highest BCUT2D eigenvalue weighted by Crippen LogP contribution is 2.28. The molecule has 156 valence electrons. The van der Waals surface area contributed by atoms with Gasteiger partial charge in [-0.1, -0.05) is 0 Å². The summed E-state index contributed by atoms with van der Waals surface area (Å²) in [5.74, 6) is 0.863. The van der Waals surface area contributed by atoms with Crippen molar-refractivity contribution in [3.05, 3.63) is 53.7 Å². The molecule has 1 N–H and O–H groups in total. The van der Waals surface area contributed by atoms with E-state index < -0.39 is 0 Å². The van der Waals surface area contributed by atoms with E-state index in [0.29, 0.717) is 12.6 Å². The molecule has 4 rings (SSSR count). The number of piperidine rings is 2. The second kappa shape index (κ2) is 8.99. The number of rotatable bonds is 5. The molecule has 6 heteroatoms. The Morgan fingerprint density at radius 2 is 1.90 bits per heavy atom. The largest absolute Gasteiger partial charge is 0.467 e. The molecule has 1 amide bonds. The van der Waals surface area contributed by atoms with E-state index in [0.717, 1.165) is 68.9 Å². The van der Waals surface area contributed by atoms with Crippen LogP contribution < -0.4 is 10.2 Å². The maximum Gasteiger partial charge on any atom is 0.223 e. The molecular formula is C23H30FN3O2. The number of furan rings is 1. The SMILES string of the molecule is Cc1cc(F)ccc1N1CCC(N2CCC(C(=O)NCc3ccco3)CC2)CC1. The summed E-state index contributed by atoms with van der Waals surface area (Å²) in [5, 5.41) is 3.00. The van der Waals surface area contributed by atoms with Crippen molar-refractivity contribution in [3.8, 4) is 0 Å². The highest BCUT2D eigenvalue weighted by atomic mass is 19.1. The van der Waals surface area contributed by atoms with E-state index in [1.807, 2.05) is 25.1 Å². The Morgan fingerprint density at radius 1 is 1.14 bits per heavy atom. The molecule has 0 unspecified atom stereocenters. The van der Waals surface area contributed by atoms with Crippen LogP contribution in [0.2, 0.25) is 0 Å². The second-order valence-electron chi connectivity index (χ2n) is 8.26. The van der Waals surface area contributed by atoms with E-state index in [1.165, 1.54) is 0 Å². The monoisotopic (exact) mass is 399 g/mol. The minimum atomic E-state index is -0.169. The highest BCUT2D eigenvalue weighted by Gasteiger charge is 2.31. The van der Waals surface area contributed by atoms with E-state index in [-0.39, 0.29) is 17.6 Å². The number of halogens is 1. The van der Waals surface area contributed by atoms with Crippen LogP contribution in [-0.2, 0) is 11.3 Å². The van der Waals surface area contributed by atoms with Crippen molar-refractivity contribution in [1.29, 1.82) is 0 Å². The van der Waals surface area contributed by atoms with Gasteiger partial charge in [0.05, 0.1) is 12.8 Å². The van der Waals surface area contributed by atoms with Gasteiger partial charge in [0.15, 0.2) is 0 Å². The Hall–Kier alpha value is -2.34. The number of hydrogen-bond acceptors (Lipinski definition) is 4. The molecule has 3 heterocycles. The number of nitrogens with one attached hydrogen (secondary N) is 1. The minimum Gasteiger partial charge on any atom is -0.467 e. The third kappa shape index (κ3) is 4.81. The molecular weight excluding hydrogens is 369 g/mol. The minimum absolute atomic E-state index is 0.100. The number of hydrogen-bond donors (Lipinski definition) is 1. The van der Waals surface area contributed by atoms with Crippen LogP contribution in [0.5, 0.6) is 0 Å². The van der Waals surface area contributed by atoms with Gasteiger partial charge in [-0.2, -0.15) is 0 Å². The predicted octanol–water partition coefficient (Wildman–Crippen LogP) is 3.72. The molecule has 0 saturated carbocycles. The van der Waals surface area contributed by atoms with Crippen molar-refractivity contribution in [2.45, 2.75) is 45.2 Å². The molecule has 1 aromatic heterocycles. The summed E-state index contributed by atoms with van der Waals surface area (Å²) < 4.78 is 18.6. The fourth-order valence-corrected chi connectivity index (χ4v) is 4.70. The summed E-state index contributed by atoms with van der Waals surface area (Å²) in [6, 6.07) is 9.36. The Balaban J connectivity index is 1.22. The summed E-state index contributed by atoms with van der Waals surface area (Å²) in [4.78, 5) is 17.4. The molecule has 2 aliphatic rings. The number of aryl methyl sites for hydroxylation is 1. The van der Waals surface area contributed by atoms with Gasteiger partial charge in [0.1, 0.15) is 11.6 Å². The smallest absolute Gasteiger partial charge is 0.223 e. The molecule has 2 fully saturated rings. The maximum atomic E-state index is 13.4. The lowest BCUT2D eigenvalue weighted by atomic mass is 9.92. The molecule has 0 aliphatic carbocycles. The topological polar surface area (TPSA) is 48.7 Å². The van der Waals surface area contributed by atoms with Gasteiger partial charge in [0.2, 0.25) is 5.91 Å². The molecule has 29 heavy (non-hydrogen) atoms. The van der Waals surface area contributed by atoms with E-state index >= 15 is 0 Å². The highest BCUT2D eigenvalue weighted by molar-refractivity contribution is 5.78. The van der Waals surface area contributed by atoms with Gasteiger partial charge < -0.3 is 19.5 Å². The zero-order chi connectivity index (χ0) is 20.2. The van der Waals surface area contributed by atoms with Gasteiger partial charge in [0.25, 0.3) is 0 Å². The summed E-state index contributed by atoms with van der Waals surface area (Å²) in [6.45, 7) is 6.42. The standard InChI is InChI=1S/C23H30FN3O2/c1-17-15-19(24)4-5-22(17)27-12-8-20(9-13-27)26-10-6-18(7-11-26)23(28)25-16-21-3-2-14-29-21/h2-5,14-15,18,20H,6-13,16H2,1H3,(H,25,28). The van der Waals surface area contributed by atoms with Crippen LogP contribution >= 0.6 is 0 Å². The zero-order valence-electron chi connectivity index (χ0n) is 17.1. The van der Waals surface area contributed by atoms with Crippen molar-refractivity contribution in [1.82, 2.24) is 10.2 Å². The molecule has 0 radical (unpaired) electrons. The Morgan fingerprint density at radius 3 is 2.55 bits per heavy atom. The first kappa shape index (κ1) is 20.0. The van der Waals surface area contributed by atoms with Gasteiger partial charge in [-0.25, -0.2) is 4.39 Å². The fourth-order valence-electron chi connectivity index (χ4n) is 4.70. The fraction of sp³-hybridized carbons (Fsp3) is 0.522. The average Bonchev–Trinajstić information content (AvgIpc) is 3.26. The van der Waals surface area contributed by atoms with Crippen LogP contribution in [0.1, 0.15) is 37.0 Å². The molecule has 1 aromatic carbocycles. The van der Waals surface area contributed by atoms with Gasteiger partial charge in [-0.3, -0.25) is 4.79 Å². The normalized spacial score (nSPS) is 19.4. The number of carbonyl (C=O) groups is 1. The number of carbonyl (C=O) groups excluding carboxylic acids is 1. The van der Waals surface area contributed by atoms with Crippen LogP contribution in [0.25, 0.3) is 0 Å². The van der Waals surface area contributed by atoms with Gasteiger partial charge >= 0.3 is 0 Å². The first-order valence-corrected chi connectivity index (χ1v) is 10.7. The van der Waals surface area contributed by atoms with Crippen molar-refractivity contribution < 1.29 is 13.6 Å². The van der Waals surface area contributed by atoms with Crippen LogP contribution in [-0.4, -0.2) is 43.0 Å². The summed E-state index contributed by atoms with van der Waals surface area (Å²) in [7, 11) is 0. The third-order valence-corrected chi connectivity index (χ3v) is 6.40. The zero-order valence-corrected chi connectivity index (χ0v) is 17.1. The van der Waals surface area contributed by atoms with Gasteiger partial charge in [-0.05, 0) is 81.6 Å². The molecule has 2 aromatic rings. The molecule has 2 aliphatic heterocycles. The predicted molar refractivity (Wildman–Crippen MR) is 111 cm³/mol. The van der Waals surface area contributed by atoms with Crippen molar-refractivity contribution in [2.24, 2.45) is 5.92 Å². The van der Waals surface area contributed by atoms with Crippen LogP contribution in [0, 0.1) is 18.7 Å². The lowest BCUT2D eigenvalue weighted by molar-refractivity contribution is -0.126. The Labute approximate surface area is 171 Å². The van der Waals surface area contributed by atoms with E-state index in [1.54, 1.807) is 18.4 Å². The molecule has 5 nitrogen and oxygen atoms in total. The first-order valence-electron chi connectivity index (χ1n) is 10.7. The van der Waals surface area contributed by atoms with Crippen LogP contribution in [0.15, 0.2) is 41.0 Å². The lowest BCUT2D eigenvalue weighted by Gasteiger charge is -2.42. The molecule has 0 bridgehead atoms. The molecule has 0 atom stereocenters. The first-order chi connectivity index (χ1) is 14.1. The number of anilines is 1. The van der Waals surface area contributed by atoms with Gasteiger partial charge in [0, 0.05) is 30.7 Å². The van der Waals surface area contributed by atoms with E-state index in [9.17, 15) is 9.18 Å². The van der Waals surface area contributed by atoms with E-state index in [2.05, 4.69) is 15.1 Å². The summed E-state index contributed by atoms with van der Waals surface area (Å²) in [5.41, 5.74) is 2.15. The quantitative estimate of drug-likeness (QED) is 0.832. The number of likely N-dealkylation sites (tertiary alicyclic amines) is 1. The third-order valence-electron chi connectivity index (χ3n) is 6.40. The number of amides is 1. The Bertz CT molecular complexity index is 808. The Kier molecular flexibility index (Phi) is 6.19. The van der Waals surface area contributed by atoms with Crippen LogP contribution in [0.3, 0.4) is 0 Å². The van der Waals surface area contributed by atoms with E-state index in [4.69, 9.17) is 4.42 Å².